The predicted octanol–water partition coefficient (Wildman–Crippen LogP) is 10.3. The number of aliphatic hydroxyl groups is 3. The van der Waals surface area contributed by atoms with E-state index < -0.39 is 59.8 Å². The fraction of sp³-hybridized carbons (Fsp3) is 0.735. The summed E-state index contributed by atoms with van der Waals surface area (Å²) < 4.78 is 59.1. The Balaban J connectivity index is 2.44. The SMILES string of the molecule is CC/C=C\C/C=C\C/C=C\C/C=C\CCCCCCC(=O)OC(COCCCCCCCCCC/C=C\C/C=C\CCCCC)COC1OC(CO)C(O)C(OS(=O)(=O)O)C1O. The second-order valence-electron chi connectivity index (χ2n) is 16.0. The zero-order valence-corrected chi connectivity index (χ0v) is 39.0. The molecule has 1 saturated heterocycles. The molecule has 1 aliphatic heterocycles. The molecule has 62 heavy (non-hydrogen) atoms. The molecular weight excluding hydrogens is 813 g/mol. The van der Waals surface area contributed by atoms with Gasteiger partial charge in [0.05, 0.1) is 19.8 Å². The first-order valence-electron chi connectivity index (χ1n) is 23.7. The number of unbranched alkanes of at least 4 members (excludes halogenated alkanes) is 15. The highest BCUT2D eigenvalue weighted by molar-refractivity contribution is 7.80. The van der Waals surface area contributed by atoms with Crippen molar-refractivity contribution in [2.75, 3.05) is 26.4 Å². The summed E-state index contributed by atoms with van der Waals surface area (Å²) in [5.41, 5.74) is 0. The van der Waals surface area contributed by atoms with E-state index in [0.717, 1.165) is 83.5 Å². The fourth-order valence-electron chi connectivity index (χ4n) is 6.75. The predicted molar refractivity (Wildman–Crippen MR) is 248 cm³/mol. The Morgan fingerprint density at radius 1 is 0.629 bits per heavy atom. The molecule has 0 aromatic rings. The standard InChI is InChI=1S/C49H84O12S/c1-3-5-7-9-11-13-15-17-19-21-23-25-27-29-31-33-35-37-39-57-41-43(42-58-49-47(53)48(61-62(54,55)56)46(52)44(40-50)60-49)59-45(51)38-36-34-32-30-28-26-24-22-20-18-16-14-12-10-8-6-4-2/h6,8,11-14,17-20,24,26,43-44,46-50,52-53H,3-5,7,9-10,15-16,21-23,25,27-42H2,1-2H3,(H,54,55,56)/b8-6-,13-11-,14-12-,19-17-,20-18-,26-24-. The van der Waals surface area contributed by atoms with Crippen LogP contribution >= 0.6 is 0 Å². The maximum absolute atomic E-state index is 12.9. The third-order valence-electron chi connectivity index (χ3n) is 10.3. The molecule has 1 rings (SSSR count). The van der Waals surface area contributed by atoms with E-state index in [-0.39, 0.29) is 19.6 Å². The van der Waals surface area contributed by atoms with E-state index in [1.807, 2.05) is 0 Å². The minimum Gasteiger partial charge on any atom is -0.457 e. The van der Waals surface area contributed by atoms with Crippen LogP contribution in [0.4, 0.5) is 0 Å². The van der Waals surface area contributed by atoms with Crippen molar-refractivity contribution < 1.29 is 56.2 Å². The van der Waals surface area contributed by atoms with E-state index in [4.69, 9.17) is 18.9 Å². The number of carbonyl (C=O) groups excluding carboxylic acids is 1. The van der Waals surface area contributed by atoms with Crippen LogP contribution in [0.25, 0.3) is 0 Å². The van der Waals surface area contributed by atoms with Crippen LogP contribution in [0, 0.1) is 0 Å². The van der Waals surface area contributed by atoms with Crippen molar-refractivity contribution in [3.05, 3.63) is 72.9 Å². The number of carbonyl (C=O) groups is 1. The molecule has 1 aliphatic rings. The Kier molecular flexibility index (Phi) is 37.2. The lowest BCUT2D eigenvalue weighted by molar-refractivity contribution is -0.301. The number of allylic oxidation sites excluding steroid dienone is 12. The van der Waals surface area contributed by atoms with Gasteiger partial charge in [0.2, 0.25) is 0 Å². The van der Waals surface area contributed by atoms with Gasteiger partial charge in [-0.2, -0.15) is 8.42 Å². The third-order valence-corrected chi connectivity index (χ3v) is 10.8. The minimum absolute atomic E-state index is 0.0180. The Morgan fingerprint density at radius 3 is 1.63 bits per heavy atom. The van der Waals surface area contributed by atoms with E-state index in [2.05, 4.69) is 90.9 Å². The van der Waals surface area contributed by atoms with Gasteiger partial charge in [0.15, 0.2) is 6.29 Å². The van der Waals surface area contributed by atoms with Crippen LogP contribution in [0.3, 0.4) is 0 Å². The van der Waals surface area contributed by atoms with E-state index in [0.29, 0.717) is 13.0 Å². The largest absolute Gasteiger partial charge is 0.457 e. The molecule has 1 fully saturated rings. The molecule has 0 amide bonds. The molecule has 0 spiro atoms. The van der Waals surface area contributed by atoms with Gasteiger partial charge in [-0.3, -0.25) is 9.35 Å². The lowest BCUT2D eigenvalue weighted by Crippen LogP contribution is -2.60. The molecule has 1 heterocycles. The van der Waals surface area contributed by atoms with Gasteiger partial charge in [-0.1, -0.05) is 151 Å². The van der Waals surface area contributed by atoms with Crippen LogP contribution in [0.15, 0.2) is 72.9 Å². The van der Waals surface area contributed by atoms with Crippen molar-refractivity contribution in [3.63, 3.8) is 0 Å². The maximum Gasteiger partial charge on any atom is 0.397 e. The monoisotopic (exact) mass is 897 g/mol. The van der Waals surface area contributed by atoms with Crippen LogP contribution in [-0.4, -0.2) is 97.5 Å². The van der Waals surface area contributed by atoms with Gasteiger partial charge in [-0.05, 0) is 83.5 Å². The summed E-state index contributed by atoms with van der Waals surface area (Å²) in [6.07, 6.45) is 42.1. The second-order valence-corrected chi connectivity index (χ2v) is 17.0. The highest BCUT2D eigenvalue weighted by Gasteiger charge is 2.48. The quantitative estimate of drug-likeness (QED) is 0.0198. The van der Waals surface area contributed by atoms with E-state index in [1.165, 1.54) is 57.8 Å². The molecule has 4 N–H and O–H groups in total. The van der Waals surface area contributed by atoms with E-state index in [9.17, 15) is 33.1 Å². The molecule has 6 unspecified atom stereocenters. The number of rotatable bonds is 40. The van der Waals surface area contributed by atoms with Gasteiger partial charge in [0.25, 0.3) is 0 Å². The summed E-state index contributed by atoms with van der Waals surface area (Å²) in [7, 11) is -5.07. The van der Waals surface area contributed by atoms with Crippen molar-refractivity contribution in [2.45, 2.75) is 205 Å². The Bertz CT molecular complexity index is 1360. The van der Waals surface area contributed by atoms with Crippen molar-refractivity contribution in [3.8, 4) is 0 Å². The fourth-order valence-corrected chi connectivity index (χ4v) is 7.26. The summed E-state index contributed by atoms with van der Waals surface area (Å²) in [4.78, 5) is 12.9. The zero-order chi connectivity index (χ0) is 45.4. The number of ether oxygens (including phenoxy) is 4. The highest BCUT2D eigenvalue weighted by atomic mass is 32.3. The Morgan fingerprint density at radius 2 is 1.11 bits per heavy atom. The smallest absolute Gasteiger partial charge is 0.397 e. The summed E-state index contributed by atoms with van der Waals surface area (Å²) in [5, 5.41) is 30.7. The molecule has 0 radical (unpaired) electrons. The van der Waals surface area contributed by atoms with Gasteiger partial charge in [-0.15, -0.1) is 0 Å². The number of hydrogen-bond donors (Lipinski definition) is 4. The van der Waals surface area contributed by atoms with Crippen molar-refractivity contribution in [2.24, 2.45) is 0 Å². The first-order valence-corrected chi connectivity index (χ1v) is 25.1. The highest BCUT2D eigenvalue weighted by Crippen LogP contribution is 2.26. The Hall–Kier alpha value is -2.46. The normalized spacial score (nSPS) is 20.6. The zero-order valence-electron chi connectivity index (χ0n) is 38.2. The number of aliphatic hydroxyl groups excluding tert-OH is 3. The van der Waals surface area contributed by atoms with Crippen LogP contribution in [-0.2, 0) is 38.3 Å². The molecule has 0 aliphatic carbocycles. The average molecular weight is 897 g/mol. The van der Waals surface area contributed by atoms with Crippen LogP contribution in [0.1, 0.15) is 168 Å². The summed E-state index contributed by atoms with van der Waals surface area (Å²) >= 11 is 0. The molecule has 0 aromatic carbocycles. The molecule has 6 atom stereocenters. The molecule has 0 bridgehead atoms. The van der Waals surface area contributed by atoms with Crippen LogP contribution in [0.5, 0.6) is 0 Å². The van der Waals surface area contributed by atoms with Gasteiger partial charge < -0.3 is 34.3 Å². The number of esters is 1. The topological polar surface area (TPSA) is 178 Å². The lowest BCUT2D eigenvalue weighted by atomic mass is 9.99. The lowest BCUT2D eigenvalue weighted by Gasteiger charge is -2.41. The summed E-state index contributed by atoms with van der Waals surface area (Å²) in [6.45, 7) is 3.80. The molecule has 0 aromatic heterocycles. The van der Waals surface area contributed by atoms with Crippen molar-refractivity contribution in [1.29, 1.82) is 0 Å². The molecular formula is C49H84O12S. The molecule has 13 heteroatoms. The Labute approximate surface area is 375 Å². The average Bonchev–Trinajstić information content (AvgIpc) is 3.24. The molecule has 12 nitrogen and oxygen atoms in total. The number of hydrogen-bond acceptors (Lipinski definition) is 11. The van der Waals surface area contributed by atoms with Crippen LogP contribution in [0.2, 0.25) is 0 Å². The van der Waals surface area contributed by atoms with Gasteiger partial charge in [-0.25, -0.2) is 4.18 Å². The van der Waals surface area contributed by atoms with Gasteiger partial charge in [0, 0.05) is 13.0 Å². The maximum atomic E-state index is 12.9. The first kappa shape index (κ1) is 57.6. The molecule has 0 saturated carbocycles. The third kappa shape index (κ3) is 33.1. The van der Waals surface area contributed by atoms with Gasteiger partial charge in [0.1, 0.15) is 30.5 Å². The van der Waals surface area contributed by atoms with Crippen molar-refractivity contribution >= 4 is 16.4 Å². The summed E-state index contributed by atoms with van der Waals surface area (Å²) in [6, 6.07) is 0. The minimum atomic E-state index is -5.07. The van der Waals surface area contributed by atoms with Gasteiger partial charge >= 0.3 is 16.4 Å². The first-order chi connectivity index (χ1) is 30.1. The van der Waals surface area contributed by atoms with E-state index in [1.54, 1.807) is 0 Å². The van der Waals surface area contributed by atoms with Crippen molar-refractivity contribution in [1.82, 2.24) is 0 Å². The van der Waals surface area contributed by atoms with E-state index >= 15 is 0 Å². The molecule has 358 valence electrons. The van der Waals surface area contributed by atoms with Crippen LogP contribution < -0.4 is 0 Å². The summed E-state index contributed by atoms with van der Waals surface area (Å²) in [5.74, 6) is -0.427. The second kappa shape index (κ2) is 40.1.